The van der Waals surface area contributed by atoms with Gasteiger partial charge < -0.3 is 19.9 Å². The molecule has 2 aliphatic rings. The van der Waals surface area contributed by atoms with E-state index in [0.717, 1.165) is 19.5 Å². The van der Waals surface area contributed by atoms with Gasteiger partial charge in [0.1, 0.15) is 5.75 Å². The third-order valence-corrected chi connectivity index (χ3v) is 4.82. The van der Waals surface area contributed by atoms with Crippen LogP contribution >= 0.6 is 12.4 Å². The third-order valence-electron chi connectivity index (χ3n) is 4.82. The first-order valence-electron chi connectivity index (χ1n) is 8.89. The number of benzene rings is 1. The molecule has 1 aromatic carbocycles. The number of rotatable bonds is 4. The maximum absolute atomic E-state index is 12.8. The highest BCUT2D eigenvalue weighted by molar-refractivity contribution is 5.97. The van der Waals surface area contributed by atoms with Gasteiger partial charge in [-0.1, -0.05) is 12.1 Å². The molecule has 1 aromatic rings. The van der Waals surface area contributed by atoms with Crippen LogP contribution in [0.2, 0.25) is 0 Å². The number of likely N-dealkylation sites (tertiary alicyclic amines) is 1. The fourth-order valence-electron chi connectivity index (χ4n) is 3.52. The minimum Gasteiger partial charge on any atom is -0.434 e. The molecule has 1 atom stereocenters. The molecule has 2 heterocycles. The highest BCUT2D eigenvalue weighted by Gasteiger charge is 2.32. The van der Waals surface area contributed by atoms with E-state index in [2.05, 4.69) is 10.1 Å². The molecule has 0 aromatic heterocycles. The summed E-state index contributed by atoms with van der Waals surface area (Å²) in [5, 5.41) is 3.21. The van der Waals surface area contributed by atoms with Gasteiger partial charge in [0.15, 0.2) is 0 Å². The van der Waals surface area contributed by atoms with E-state index in [-0.39, 0.29) is 41.5 Å². The van der Waals surface area contributed by atoms with Crippen molar-refractivity contribution in [1.82, 2.24) is 15.1 Å². The van der Waals surface area contributed by atoms with E-state index in [1.807, 2.05) is 4.90 Å². The molecule has 1 N–H and O–H groups in total. The van der Waals surface area contributed by atoms with Gasteiger partial charge in [-0.2, -0.15) is 8.78 Å². The number of carbonyl (C=O) groups excluding carboxylic acids is 2. The summed E-state index contributed by atoms with van der Waals surface area (Å²) in [4.78, 5) is 28.9. The topological polar surface area (TPSA) is 61.9 Å². The van der Waals surface area contributed by atoms with Gasteiger partial charge in [-0.05, 0) is 25.0 Å². The lowest BCUT2D eigenvalue weighted by atomic mass is 9.95. The van der Waals surface area contributed by atoms with E-state index in [0.29, 0.717) is 32.6 Å². The number of amides is 2. The zero-order valence-electron chi connectivity index (χ0n) is 14.9. The smallest absolute Gasteiger partial charge is 0.387 e. The van der Waals surface area contributed by atoms with Gasteiger partial charge in [-0.25, -0.2) is 0 Å². The molecule has 6 nitrogen and oxygen atoms in total. The molecule has 150 valence electrons. The van der Waals surface area contributed by atoms with Crippen molar-refractivity contribution >= 4 is 24.2 Å². The van der Waals surface area contributed by atoms with Crippen LogP contribution in [-0.4, -0.2) is 67.5 Å². The van der Waals surface area contributed by atoms with Crippen molar-refractivity contribution < 1.29 is 23.1 Å². The van der Waals surface area contributed by atoms with Crippen LogP contribution in [0.25, 0.3) is 0 Å². The number of carbonyl (C=O) groups is 2. The lowest BCUT2D eigenvalue weighted by molar-refractivity contribution is -0.137. The van der Waals surface area contributed by atoms with Crippen LogP contribution in [0.3, 0.4) is 0 Å². The lowest BCUT2D eigenvalue weighted by Gasteiger charge is -2.36. The molecule has 0 aliphatic carbocycles. The van der Waals surface area contributed by atoms with Crippen molar-refractivity contribution in [2.45, 2.75) is 19.5 Å². The number of para-hydroxylation sites is 1. The Labute approximate surface area is 163 Å². The van der Waals surface area contributed by atoms with Crippen molar-refractivity contribution in [2.75, 3.05) is 39.3 Å². The molecule has 2 fully saturated rings. The van der Waals surface area contributed by atoms with Crippen LogP contribution < -0.4 is 10.1 Å². The average molecular weight is 404 g/mol. The average Bonchev–Trinajstić information content (AvgIpc) is 2.67. The number of hydrogen-bond acceptors (Lipinski definition) is 4. The van der Waals surface area contributed by atoms with Crippen LogP contribution in [0, 0.1) is 5.92 Å². The Hall–Kier alpha value is -1.93. The summed E-state index contributed by atoms with van der Waals surface area (Å²) in [5.74, 6) is -0.683. The molecule has 9 heteroatoms. The van der Waals surface area contributed by atoms with Crippen molar-refractivity contribution in [3.63, 3.8) is 0 Å². The number of ether oxygens (including phenoxy) is 1. The highest BCUT2D eigenvalue weighted by atomic mass is 35.5. The Morgan fingerprint density at radius 1 is 1.11 bits per heavy atom. The number of nitrogens with zero attached hydrogens (tertiary/aromatic N) is 2. The quantitative estimate of drug-likeness (QED) is 0.835. The van der Waals surface area contributed by atoms with E-state index in [4.69, 9.17) is 0 Å². The molecular weight excluding hydrogens is 380 g/mol. The van der Waals surface area contributed by atoms with Gasteiger partial charge >= 0.3 is 6.61 Å². The summed E-state index contributed by atoms with van der Waals surface area (Å²) >= 11 is 0. The number of halogens is 3. The van der Waals surface area contributed by atoms with Crippen LogP contribution in [-0.2, 0) is 4.79 Å². The first-order chi connectivity index (χ1) is 12.6. The summed E-state index contributed by atoms with van der Waals surface area (Å²) < 4.78 is 29.6. The second-order valence-electron chi connectivity index (χ2n) is 6.54. The lowest BCUT2D eigenvalue weighted by Crippen LogP contribution is -2.52. The molecule has 2 amide bonds. The van der Waals surface area contributed by atoms with E-state index in [9.17, 15) is 18.4 Å². The molecule has 0 bridgehead atoms. The summed E-state index contributed by atoms with van der Waals surface area (Å²) in [6.07, 6.45) is 1.45. The second-order valence-corrected chi connectivity index (χ2v) is 6.54. The third kappa shape index (κ3) is 5.29. The minimum absolute atomic E-state index is 0. The predicted molar refractivity (Wildman–Crippen MR) is 98.4 cm³/mol. The van der Waals surface area contributed by atoms with Crippen molar-refractivity contribution in [3.05, 3.63) is 29.8 Å². The fraction of sp³-hybridized carbons (Fsp3) is 0.556. The number of nitrogens with one attached hydrogen (secondary N) is 1. The minimum atomic E-state index is -2.99. The van der Waals surface area contributed by atoms with Crippen LogP contribution in [0.1, 0.15) is 23.2 Å². The Kier molecular flexibility index (Phi) is 7.79. The first-order valence-corrected chi connectivity index (χ1v) is 8.89. The molecule has 27 heavy (non-hydrogen) atoms. The van der Waals surface area contributed by atoms with Crippen molar-refractivity contribution in [3.8, 4) is 5.75 Å². The Balaban J connectivity index is 0.00000261. The SMILES string of the molecule is Cl.O=C(c1ccccc1OC(F)F)N1CCCC(C(=O)N2CCNCC2)C1. The Morgan fingerprint density at radius 3 is 2.52 bits per heavy atom. The highest BCUT2D eigenvalue weighted by Crippen LogP contribution is 2.25. The zero-order chi connectivity index (χ0) is 18.5. The van der Waals surface area contributed by atoms with Gasteiger partial charge in [0.25, 0.3) is 5.91 Å². The fourth-order valence-corrected chi connectivity index (χ4v) is 3.52. The number of piperazine rings is 1. The summed E-state index contributed by atoms with van der Waals surface area (Å²) in [6.45, 7) is 0.728. The molecule has 1 unspecified atom stereocenters. The normalized spacial score (nSPS) is 20.2. The van der Waals surface area contributed by atoms with Crippen LogP contribution in [0.15, 0.2) is 24.3 Å². The second kappa shape index (κ2) is 9.85. The van der Waals surface area contributed by atoms with E-state index in [1.54, 1.807) is 17.0 Å². The summed E-state index contributed by atoms with van der Waals surface area (Å²) in [6, 6.07) is 5.98. The van der Waals surface area contributed by atoms with Gasteiger partial charge in [-0.15, -0.1) is 12.4 Å². The van der Waals surface area contributed by atoms with E-state index in [1.165, 1.54) is 12.1 Å². The first kappa shape index (κ1) is 21.4. The van der Waals surface area contributed by atoms with Gasteiger partial charge in [-0.3, -0.25) is 9.59 Å². The Morgan fingerprint density at radius 2 is 1.81 bits per heavy atom. The summed E-state index contributed by atoms with van der Waals surface area (Å²) in [5.41, 5.74) is 0.100. The van der Waals surface area contributed by atoms with E-state index >= 15 is 0 Å². The molecule has 0 radical (unpaired) electrons. The largest absolute Gasteiger partial charge is 0.434 e. The maximum atomic E-state index is 12.8. The number of alkyl halides is 2. The van der Waals surface area contributed by atoms with Gasteiger partial charge in [0.05, 0.1) is 11.5 Å². The van der Waals surface area contributed by atoms with Gasteiger partial charge in [0, 0.05) is 39.3 Å². The van der Waals surface area contributed by atoms with Crippen LogP contribution in [0.5, 0.6) is 5.75 Å². The van der Waals surface area contributed by atoms with Crippen molar-refractivity contribution in [2.24, 2.45) is 5.92 Å². The zero-order valence-corrected chi connectivity index (χ0v) is 15.7. The molecule has 3 rings (SSSR count). The molecule has 2 saturated heterocycles. The van der Waals surface area contributed by atoms with Gasteiger partial charge in [0.2, 0.25) is 5.91 Å². The standard InChI is InChI=1S/C18H23F2N3O3.ClH/c19-18(20)26-15-6-2-1-5-14(15)17(25)23-9-3-4-13(12-23)16(24)22-10-7-21-8-11-22;/h1-2,5-6,13,18,21H,3-4,7-12H2;1H. The number of hydrogen-bond donors (Lipinski definition) is 1. The molecule has 0 saturated carbocycles. The summed E-state index contributed by atoms with van der Waals surface area (Å²) in [7, 11) is 0. The predicted octanol–water partition coefficient (Wildman–Crippen LogP) is 1.99. The number of piperidine rings is 1. The maximum Gasteiger partial charge on any atom is 0.387 e. The molecule has 0 spiro atoms. The molecular formula is C18H24ClF2N3O3. The Bertz CT molecular complexity index is 656. The van der Waals surface area contributed by atoms with Crippen molar-refractivity contribution in [1.29, 1.82) is 0 Å². The van der Waals surface area contributed by atoms with Crippen LogP contribution in [0.4, 0.5) is 8.78 Å². The monoisotopic (exact) mass is 403 g/mol. The molecule has 2 aliphatic heterocycles. The van der Waals surface area contributed by atoms with E-state index < -0.39 is 6.61 Å².